The van der Waals surface area contributed by atoms with Crippen LogP contribution in [-0.2, 0) is 5.54 Å². The summed E-state index contributed by atoms with van der Waals surface area (Å²) in [7, 11) is 0. The lowest BCUT2D eigenvalue weighted by molar-refractivity contribution is 0.335. The topological polar surface area (TPSA) is 31.6 Å². The fourth-order valence-electron chi connectivity index (χ4n) is 7.58. The van der Waals surface area contributed by atoms with Gasteiger partial charge in [0, 0.05) is 74.3 Å². The van der Waals surface area contributed by atoms with Gasteiger partial charge >= 0.3 is 0 Å². The number of aromatic nitrogens is 2. The average Bonchev–Trinajstić information content (AvgIpc) is 3.68. The second-order valence-corrected chi connectivity index (χ2v) is 12.7. The van der Waals surface area contributed by atoms with Crippen molar-refractivity contribution in [3.05, 3.63) is 175 Å². The van der Waals surface area contributed by atoms with Crippen LogP contribution in [0.15, 0.2) is 164 Å². The summed E-state index contributed by atoms with van der Waals surface area (Å²) >= 11 is 8.22. The van der Waals surface area contributed by atoms with Crippen LogP contribution in [0.4, 0.5) is 11.4 Å². The zero-order valence-electron chi connectivity index (χ0n) is 25.1. The minimum absolute atomic E-state index is 0.0592. The minimum Gasteiger partial charge on any atom is -0.354 e. The number of fused-ring (bicyclic) bond motifs is 6. The van der Waals surface area contributed by atoms with Crippen molar-refractivity contribution in [3.63, 3.8) is 0 Å². The number of quaternary nitrogens is 1. The SMILES string of the molecule is Cl[N+](c1ccccc1)(c1ccccc1)C1(c2cccc3c2[nH]c2cc4c(cc23)[nH]c2ccccc24)C=CC(c2ccccc2)=CC1. The monoisotopic (exact) mass is 612 g/mol. The van der Waals surface area contributed by atoms with Gasteiger partial charge in [-0.05, 0) is 35.4 Å². The minimum atomic E-state index is -0.684. The van der Waals surface area contributed by atoms with Crippen LogP contribution in [0.5, 0.6) is 0 Å². The van der Waals surface area contributed by atoms with E-state index >= 15 is 0 Å². The lowest BCUT2D eigenvalue weighted by Crippen LogP contribution is -2.53. The average molecular weight is 613 g/mol. The highest BCUT2D eigenvalue weighted by Crippen LogP contribution is 2.56. The molecule has 8 aromatic rings. The number of aromatic amines is 2. The zero-order chi connectivity index (χ0) is 30.7. The molecule has 0 aliphatic heterocycles. The summed E-state index contributed by atoms with van der Waals surface area (Å²) < 4.78 is 0.0592. The van der Waals surface area contributed by atoms with Gasteiger partial charge in [0.1, 0.15) is 0 Å². The lowest BCUT2D eigenvalue weighted by atomic mass is 9.78. The summed E-state index contributed by atoms with van der Waals surface area (Å²) in [6.07, 6.45) is 7.66. The maximum atomic E-state index is 8.22. The van der Waals surface area contributed by atoms with Crippen LogP contribution in [-0.4, -0.2) is 9.97 Å². The third kappa shape index (κ3) is 3.89. The Kier molecular flexibility index (Phi) is 6.08. The van der Waals surface area contributed by atoms with Gasteiger partial charge in [0.05, 0.1) is 5.52 Å². The molecule has 1 aliphatic rings. The van der Waals surface area contributed by atoms with E-state index in [4.69, 9.17) is 11.8 Å². The van der Waals surface area contributed by atoms with E-state index in [1.165, 1.54) is 32.7 Å². The van der Waals surface area contributed by atoms with Gasteiger partial charge in [-0.25, -0.2) is 0 Å². The molecular formula is C42H31ClN3+. The van der Waals surface area contributed by atoms with Gasteiger partial charge < -0.3 is 9.97 Å². The number of rotatable bonds is 5. The second kappa shape index (κ2) is 10.3. The number of para-hydroxylation sites is 4. The normalized spacial score (nSPS) is 16.8. The third-order valence-corrected chi connectivity index (χ3v) is 10.5. The molecule has 220 valence electrons. The zero-order valence-corrected chi connectivity index (χ0v) is 25.9. The van der Waals surface area contributed by atoms with Crippen molar-refractivity contribution in [1.29, 1.82) is 0 Å². The Morgan fingerprint density at radius 2 is 1.13 bits per heavy atom. The first-order chi connectivity index (χ1) is 22.7. The molecular weight excluding hydrogens is 582 g/mol. The van der Waals surface area contributed by atoms with E-state index in [9.17, 15) is 0 Å². The van der Waals surface area contributed by atoms with Crippen LogP contribution in [0.2, 0.25) is 0 Å². The number of allylic oxidation sites excluding steroid dienone is 2. The molecule has 4 heteroatoms. The summed E-state index contributed by atoms with van der Waals surface area (Å²) in [5.74, 6) is 0. The Hall–Kier alpha value is -5.35. The van der Waals surface area contributed by atoms with Crippen LogP contribution in [0.25, 0.3) is 49.2 Å². The molecule has 9 rings (SSSR count). The number of nitrogens with zero attached hydrogens (tertiary/aromatic N) is 1. The quantitative estimate of drug-likeness (QED) is 0.181. The van der Waals surface area contributed by atoms with Crippen molar-refractivity contribution in [2.45, 2.75) is 12.0 Å². The highest BCUT2D eigenvalue weighted by Gasteiger charge is 2.55. The summed E-state index contributed by atoms with van der Waals surface area (Å²) in [4.78, 5) is 7.54. The standard InChI is InChI=1S/C42H31ClN3/c43-46(31-15-6-2-7-16-31,32-17-8-3-9-18-32)42(25-23-30(24-26-42)29-13-4-1-5-14-29)37-21-12-20-34-36-28-39-35(27-40(36)45-41(34)37)33-19-10-11-22-38(33)44-39/h1-25,27-28,44-45H,26H2/q+1. The van der Waals surface area contributed by atoms with Gasteiger partial charge in [0.2, 0.25) is 0 Å². The van der Waals surface area contributed by atoms with E-state index in [1.807, 2.05) is 0 Å². The van der Waals surface area contributed by atoms with Crippen LogP contribution in [0.3, 0.4) is 0 Å². The Bertz CT molecular complexity index is 2410. The van der Waals surface area contributed by atoms with Gasteiger partial charge in [-0.2, -0.15) is 0 Å². The Labute approximate surface area is 272 Å². The van der Waals surface area contributed by atoms with Crippen molar-refractivity contribution in [1.82, 2.24) is 14.0 Å². The van der Waals surface area contributed by atoms with E-state index in [2.05, 4.69) is 174 Å². The maximum Gasteiger partial charge on any atom is 0.178 e. The lowest BCUT2D eigenvalue weighted by Gasteiger charge is -2.46. The van der Waals surface area contributed by atoms with Crippen LogP contribution in [0.1, 0.15) is 17.5 Å². The predicted octanol–water partition coefficient (Wildman–Crippen LogP) is 11.7. The number of halogens is 1. The number of H-pyrrole nitrogens is 2. The molecule has 3 nitrogen and oxygen atoms in total. The van der Waals surface area contributed by atoms with Crippen LogP contribution in [0, 0.1) is 0 Å². The molecule has 46 heavy (non-hydrogen) atoms. The summed E-state index contributed by atoms with van der Waals surface area (Å²) in [5, 5.41) is 4.82. The molecule has 1 unspecified atom stereocenters. The Morgan fingerprint density at radius 3 is 1.80 bits per heavy atom. The molecule has 1 atom stereocenters. The molecule has 2 heterocycles. The fraction of sp³-hybridized carbons (Fsp3) is 0.0476. The number of hydrogen-bond acceptors (Lipinski definition) is 0. The summed E-state index contributed by atoms with van der Waals surface area (Å²) in [6, 6.07) is 51.3. The molecule has 0 spiro atoms. The first kappa shape index (κ1) is 27.0. The number of hydrogen-bond donors (Lipinski definition) is 2. The van der Waals surface area contributed by atoms with Crippen molar-refractivity contribution in [2.75, 3.05) is 0 Å². The van der Waals surface area contributed by atoms with Crippen molar-refractivity contribution in [2.24, 2.45) is 0 Å². The molecule has 1 aliphatic carbocycles. The van der Waals surface area contributed by atoms with E-state index in [1.54, 1.807) is 0 Å². The Balaban J connectivity index is 1.34. The van der Waals surface area contributed by atoms with Gasteiger partial charge in [0.15, 0.2) is 28.7 Å². The fourth-order valence-corrected chi connectivity index (χ4v) is 8.02. The molecule has 6 aromatic carbocycles. The van der Waals surface area contributed by atoms with Gasteiger partial charge in [-0.1, -0.05) is 115 Å². The largest absolute Gasteiger partial charge is 0.354 e. The van der Waals surface area contributed by atoms with Gasteiger partial charge in [-0.3, -0.25) is 0 Å². The maximum absolute atomic E-state index is 8.22. The first-order valence-corrected chi connectivity index (χ1v) is 16.1. The van der Waals surface area contributed by atoms with E-state index in [-0.39, 0.29) is 4.00 Å². The molecule has 0 bridgehead atoms. The van der Waals surface area contributed by atoms with Crippen LogP contribution < -0.4 is 4.00 Å². The number of nitrogens with one attached hydrogen (secondary N) is 2. The highest BCUT2D eigenvalue weighted by atomic mass is 35.5. The summed E-state index contributed by atoms with van der Waals surface area (Å²) in [5.41, 5.74) is 9.38. The van der Waals surface area contributed by atoms with Crippen LogP contribution >= 0.6 is 11.8 Å². The van der Waals surface area contributed by atoms with E-state index < -0.39 is 5.54 Å². The van der Waals surface area contributed by atoms with Crippen molar-refractivity contribution >= 4 is 72.3 Å². The molecule has 0 radical (unpaired) electrons. The molecule has 0 amide bonds. The molecule has 0 saturated carbocycles. The van der Waals surface area contributed by atoms with Crippen molar-refractivity contribution < 1.29 is 0 Å². The molecule has 2 aromatic heterocycles. The van der Waals surface area contributed by atoms with Gasteiger partial charge in [0.25, 0.3) is 0 Å². The highest BCUT2D eigenvalue weighted by molar-refractivity contribution is 6.26. The van der Waals surface area contributed by atoms with E-state index in [0.717, 1.165) is 39.0 Å². The number of benzene rings is 6. The molecule has 2 N–H and O–H groups in total. The Morgan fingerprint density at radius 1 is 0.543 bits per heavy atom. The first-order valence-electron chi connectivity index (χ1n) is 15.8. The van der Waals surface area contributed by atoms with Crippen molar-refractivity contribution in [3.8, 4) is 0 Å². The smallest absolute Gasteiger partial charge is 0.178 e. The van der Waals surface area contributed by atoms with E-state index in [0.29, 0.717) is 6.42 Å². The second-order valence-electron chi connectivity index (χ2n) is 12.2. The molecule has 0 saturated heterocycles. The predicted molar refractivity (Wildman–Crippen MR) is 195 cm³/mol. The van der Waals surface area contributed by atoms with Gasteiger partial charge in [-0.15, -0.1) is 4.00 Å². The summed E-state index contributed by atoms with van der Waals surface area (Å²) in [6.45, 7) is 0. The molecule has 0 fully saturated rings. The third-order valence-electron chi connectivity index (χ3n) is 9.78.